The van der Waals surface area contributed by atoms with Crippen molar-refractivity contribution in [2.75, 3.05) is 11.1 Å². The lowest BCUT2D eigenvalue weighted by Crippen LogP contribution is -2.47. The molecule has 5 heteroatoms. The number of anilines is 2. The maximum atomic E-state index is 11.6. The number of amides is 2. The summed E-state index contributed by atoms with van der Waals surface area (Å²) in [6.45, 7) is 1.92. The van der Waals surface area contributed by atoms with Crippen LogP contribution in [0.5, 0.6) is 0 Å². The van der Waals surface area contributed by atoms with Crippen LogP contribution in [0.15, 0.2) is 18.2 Å². The maximum absolute atomic E-state index is 11.6. The van der Waals surface area contributed by atoms with Gasteiger partial charge in [0.2, 0.25) is 11.8 Å². The lowest BCUT2D eigenvalue weighted by Gasteiger charge is -2.24. The van der Waals surface area contributed by atoms with Crippen LogP contribution in [-0.2, 0) is 9.59 Å². The maximum Gasteiger partial charge on any atom is 0.249 e. The van der Waals surface area contributed by atoms with Crippen molar-refractivity contribution in [3.05, 3.63) is 23.8 Å². The second-order valence-electron chi connectivity index (χ2n) is 4.19. The van der Waals surface area contributed by atoms with E-state index in [0.29, 0.717) is 18.5 Å². The van der Waals surface area contributed by atoms with Crippen LogP contribution in [0, 0.1) is 6.92 Å². The molecule has 1 atom stereocenters. The number of nitrogens with one attached hydrogen (secondary N) is 2. The molecule has 1 unspecified atom stereocenters. The van der Waals surface area contributed by atoms with E-state index in [1.807, 2.05) is 19.1 Å². The van der Waals surface area contributed by atoms with Gasteiger partial charge in [-0.25, -0.2) is 0 Å². The largest absolute Gasteiger partial charge is 0.397 e. The van der Waals surface area contributed by atoms with Gasteiger partial charge in [-0.1, -0.05) is 12.1 Å². The Bertz CT molecular complexity index is 451. The lowest BCUT2D eigenvalue weighted by atomic mass is 10.0. The van der Waals surface area contributed by atoms with E-state index in [4.69, 9.17) is 5.73 Å². The molecule has 1 heterocycles. The highest BCUT2D eigenvalue weighted by Gasteiger charge is 2.26. The highest BCUT2D eigenvalue weighted by Crippen LogP contribution is 2.24. The van der Waals surface area contributed by atoms with Crippen LogP contribution in [0.25, 0.3) is 0 Å². The van der Waals surface area contributed by atoms with E-state index in [-0.39, 0.29) is 11.8 Å². The number of benzene rings is 1. The number of hydrogen-bond donors (Lipinski definition) is 3. The molecule has 0 aliphatic carbocycles. The first-order chi connectivity index (χ1) is 8.08. The van der Waals surface area contributed by atoms with Crippen LogP contribution in [0.2, 0.25) is 0 Å². The molecule has 17 heavy (non-hydrogen) atoms. The summed E-state index contributed by atoms with van der Waals surface area (Å²) in [5.41, 5.74) is 8.20. The first kappa shape index (κ1) is 11.4. The third-order valence-corrected chi connectivity index (χ3v) is 2.86. The quantitative estimate of drug-likeness (QED) is 0.521. The SMILES string of the molecule is Cc1cccc(N)c1NC1CCC(=O)NC1=O. The Hall–Kier alpha value is -2.04. The number of nitrogen functional groups attached to an aromatic ring is 1. The van der Waals surface area contributed by atoms with Crippen molar-refractivity contribution in [2.24, 2.45) is 0 Å². The number of para-hydroxylation sites is 1. The zero-order valence-electron chi connectivity index (χ0n) is 9.62. The molecule has 1 saturated heterocycles. The second kappa shape index (κ2) is 4.45. The summed E-state index contributed by atoms with van der Waals surface area (Å²) in [4.78, 5) is 22.6. The minimum absolute atomic E-state index is 0.217. The van der Waals surface area contributed by atoms with Crippen LogP contribution in [0.1, 0.15) is 18.4 Å². The van der Waals surface area contributed by atoms with Crippen LogP contribution >= 0.6 is 0 Å². The van der Waals surface area contributed by atoms with Gasteiger partial charge in [0.15, 0.2) is 0 Å². The van der Waals surface area contributed by atoms with E-state index in [1.54, 1.807) is 6.07 Å². The Labute approximate surface area is 99.4 Å². The van der Waals surface area contributed by atoms with Crippen molar-refractivity contribution in [3.63, 3.8) is 0 Å². The van der Waals surface area contributed by atoms with Crippen molar-refractivity contribution in [1.29, 1.82) is 0 Å². The van der Waals surface area contributed by atoms with Gasteiger partial charge < -0.3 is 11.1 Å². The zero-order chi connectivity index (χ0) is 12.4. The molecule has 0 radical (unpaired) electrons. The van der Waals surface area contributed by atoms with E-state index >= 15 is 0 Å². The summed E-state index contributed by atoms with van der Waals surface area (Å²) in [6.07, 6.45) is 0.855. The van der Waals surface area contributed by atoms with Crippen LogP contribution in [-0.4, -0.2) is 17.9 Å². The molecule has 1 fully saturated rings. The molecule has 90 valence electrons. The highest BCUT2D eigenvalue weighted by atomic mass is 16.2. The summed E-state index contributed by atoms with van der Waals surface area (Å²) < 4.78 is 0. The van der Waals surface area contributed by atoms with Crippen LogP contribution < -0.4 is 16.4 Å². The first-order valence-corrected chi connectivity index (χ1v) is 5.53. The number of carbonyl (C=O) groups excluding carboxylic acids is 2. The van der Waals surface area contributed by atoms with E-state index in [1.165, 1.54) is 0 Å². The fraction of sp³-hybridized carbons (Fsp3) is 0.333. The van der Waals surface area contributed by atoms with E-state index < -0.39 is 6.04 Å². The van der Waals surface area contributed by atoms with Crippen LogP contribution in [0.3, 0.4) is 0 Å². The number of carbonyl (C=O) groups is 2. The molecular weight excluding hydrogens is 218 g/mol. The molecule has 1 aromatic rings. The lowest BCUT2D eigenvalue weighted by molar-refractivity contribution is -0.133. The van der Waals surface area contributed by atoms with E-state index in [0.717, 1.165) is 11.3 Å². The molecule has 1 aliphatic heterocycles. The van der Waals surface area contributed by atoms with Gasteiger partial charge in [-0.15, -0.1) is 0 Å². The standard InChI is InChI=1S/C12H15N3O2/c1-7-3-2-4-8(13)11(7)14-9-5-6-10(16)15-12(9)17/h2-4,9,14H,5-6,13H2,1H3,(H,15,16,17). The smallest absolute Gasteiger partial charge is 0.249 e. The number of piperidine rings is 1. The third kappa shape index (κ3) is 2.38. The number of imide groups is 1. The number of hydrogen-bond acceptors (Lipinski definition) is 4. The number of rotatable bonds is 2. The summed E-state index contributed by atoms with van der Waals surface area (Å²) in [5, 5.41) is 5.41. The van der Waals surface area contributed by atoms with Gasteiger partial charge in [0.25, 0.3) is 0 Å². The average Bonchev–Trinajstić information content (AvgIpc) is 2.26. The predicted octanol–water partition coefficient (Wildman–Crippen LogP) is 0.794. The normalized spacial score (nSPS) is 19.9. The molecule has 2 amide bonds. The third-order valence-electron chi connectivity index (χ3n) is 2.86. The minimum atomic E-state index is -0.393. The van der Waals surface area contributed by atoms with Gasteiger partial charge in [-0.3, -0.25) is 14.9 Å². The summed E-state index contributed by atoms with van der Waals surface area (Å²) in [7, 11) is 0. The van der Waals surface area contributed by atoms with Gasteiger partial charge in [-0.05, 0) is 25.0 Å². The monoisotopic (exact) mass is 233 g/mol. The minimum Gasteiger partial charge on any atom is -0.397 e. The van der Waals surface area contributed by atoms with Crippen molar-refractivity contribution < 1.29 is 9.59 Å². The molecule has 0 aromatic heterocycles. The van der Waals surface area contributed by atoms with E-state index in [2.05, 4.69) is 10.6 Å². The van der Waals surface area contributed by atoms with Crippen LogP contribution in [0.4, 0.5) is 11.4 Å². The zero-order valence-corrected chi connectivity index (χ0v) is 9.62. The van der Waals surface area contributed by atoms with Gasteiger partial charge in [-0.2, -0.15) is 0 Å². The van der Waals surface area contributed by atoms with E-state index in [9.17, 15) is 9.59 Å². The highest BCUT2D eigenvalue weighted by molar-refractivity contribution is 6.01. The Kier molecular flexibility index (Phi) is 2.99. The summed E-state index contributed by atoms with van der Waals surface area (Å²) >= 11 is 0. The molecule has 2 rings (SSSR count). The topological polar surface area (TPSA) is 84.2 Å². The second-order valence-corrected chi connectivity index (χ2v) is 4.19. The fourth-order valence-electron chi connectivity index (χ4n) is 1.89. The fourth-order valence-corrected chi connectivity index (χ4v) is 1.89. The molecule has 0 bridgehead atoms. The summed E-state index contributed by atoms with van der Waals surface area (Å²) in [6, 6.07) is 5.17. The Morgan fingerprint density at radius 1 is 1.41 bits per heavy atom. The molecule has 1 aliphatic rings. The van der Waals surface area contributed by atoms with Crippen molar-refractivity contribution >= 4 is 23.2 Å². The van der Waals surface area contributed by atoms with Gasteiger partial charge in [0, 0.05) is 6.42 Å². The molecule has 4 N–H and O–H groups in total. The average molecular weight is 233 g/mol. The Morgan fingerprint density at radius 3 is 2.82 bits per heavy atom. The van der Waals surface area contributed by atoms with Crippen molar-refractivity contribution in [3.8, 4) is 0 Å². The molecule has 5 nitrogen and oxygen atoms in total. The number of aryl methyl sites for hydroxylation is 1. The molecular formula is C12H15N3O2. The van der Waals surface area contributed by atoms with Gasteiger partial charge >= 0.3 is 0 Å². The van der Waals surface area contributed by atoms with Crippen molar-refractivity contribution in [2.45, 2.75) is 25.8 Å². The first-order valence-electron chi connectivity index (χ1n) is 5.53. The van der Waals surface area contributed by atoms with Gasteiger partial charge in [0.05, 0.1) is 11.4 Å². The molecule has 0 spiro atoms. The predicted molar refractivity (Wildman–Crippen MR) is 65.4 cm³/mol. The van der Waals surface area contributed by atoms with Crippen molar-refractivity contribution in [1.82, 2.24) is 5.32 Å². The molecule has 0 saturated carbocycles. The van der Waals surface area contributed by atoms with Gasteiger partial charge in [0.1, 0.15) is 6.04 Å². The summed E-state index contributed by atoms with van der Waals surface area (Å²) in [5.74, 6) is -0.505. The number of nitrogens with two attached hydrogens (primary N) is 1. The Morgan fingerprint density at radius 2 is 2.18 bits per heavy atom. The Balaban J connectivity index is 2.16. The molecule has 1 aromatic carbocycles.